The van der Waals surface area contributed by atoms with E-state index in [-0.39, 0.29) is 0 Å². The van der Waals surface area contributed by atoms with Crippen LogP contribution in [0.1, 0.15) is 6.23 Å². The molecule has 1 aromatic heterocycles. The second-order valence-corrected chi connectivity index (χ2v) is 6.03. The summed E-state index contributed by atoms with van der Waals surface area (Å²) in [5.74, 6) is -0.643. The Morgan fingerprint density at radius 2 is 2.08 bits per heavy atom. The average Bonchev–Trinajstić information content (AvgIpc) is 2.72. The number of rotatable bonds is 5. The van der Waals surface area contributed by atoms with E-state index < -0.39 is 61.1 Å². The third-order valence-corrected chi connectivity index (χ3v) is 3.66. The maximum absolute atomic E-state index is 11.8. The van der Waals surface area contributed by atoms with Crippen LogP contribution < -0.4 is 11.4 Å². The van der Waals surface area contributed by atoms with Crippen molar-refractivity contribution in [2.45, 2.75) is 24.5 Å². The first-order valence-electron chi connectivity index (χ1n) is 6.26. The van der Waals surface area contributed by atoms with E-state index in [2.05, 4.69) is 9.51 Å². The molecule has 134 valence electrons. The molecule has 1 aliphatic heterocycles. The number of ether oxygens (including phenoxy) is 1. The van der Waals surface area contributed by atoms with E-state index in [1.165, 1.54) is 0 Å². The van der Waals surface area contributed by atoms with Gasteiger partial charge in [-0.1, -0.05) is 0 Å². The largest absolute Gasteiger partial charge is 0.469 e. The van der Waals surface area contributed by atoms with Crippen LogP contribution in [0, 0.1) is 10.1 Å². The van der Waals surface area contributed by atoms with E-state index >= 15 is 0 Å². The van der Waals surface area contributed by atoms with Gasteiger partial charge in [0.1, 0.15) is 18.3 Å². The highest BCUT2D eigenvalue weighted by Crippen LogP contribution is 2.38. The van der Waals surface area contributed by atoms with E-state index in [9.17, 15) is 29.7 Å². The summed E-state index contributed by atoms with van der Waals surface area (Å²) in [4.78, 5) is 42.2. The maximum Gasteiger partial charge on any atom is 0.469 e. The predicted molar refractivity (Wildman–Crippen MR) is 73.5 cm³/mol. The van der Waals surface area contributed by atoms with Crippen molar-refractivity contribution in [3.8, 4) is 0 Å². The van der Waals surface area contributed by atoms with Crippen LogP contribution in [-0.2, 0) is 13.8 Å². The van der Waals surface area contributed by atoms with Crippen LogP contribution in [0.15, 0.2) is 11.0 Å². The number of anilines is 1. The third kappa shape index (κ3) is 3.76. The van der Waals surface area contributed by atoms with E-state index in [4.69, 9.17) is 20.3 Å². The molecule has 0 saturated carbocycles. The second-order valence-electron chi connectivity index (χ2n) is 4.79. The lowest BCUT2D eigenvalue weighted by Gasteiger charge is -2.17. The first-order chi connectivity index (χ1) is 11.0. The molecule has 0 aliphatic carbocycles. The second kappa shape index (κ2) is 6.52. The van der Waals surface area contributed by atoms with Gasteiger partial charge in [0.25, 0.3) is 0 Å². The number of aliphatic hydroxyl groups is 2. The number of hydrogen-bond donors (Lipinski definition) is 5. The number of nitrogen functional groups attached to an aromatic ring is 1. The minimum atomic E-state index is -4.85. The van der Waals surface area contributed by atoms with Gasteiger partial charge in [-0.3, -0.25) is 19.2 Å². The van der Waals surface area contributed by atoms with Gasteiger partial charge < -0.3 is 30.5 Å². The van der Waals surface area contributed by atoms with Crippen molar-refractivity contribution >= 4 is 19.3 Å². The van der Waals surface area contributed by atoms with Gasteiger partial charge in [-0.25, -0.2) is 9.36 Å². The molecule has 1 aromatic rings. The molecule has 0 spiro atoms. The van der Waals surface area contributed by atoms with Crippen LogP contribution in [0.2, 0.25) is 0 Å². The molecule has 2 heterocycles. The topological polar surface area (TPSA) is 220 Å². The lowest BCUT2D eigenvalue weighted by Crippen LogP contribution is -2.36. The van der Waals surface area contributed by atoms with Crippen LogP contribution in [0.3, 0.4) is 0 Å². The molecule has 0 bridgehead atoms. The van der Waals surface area contributed by atoms with Gasteiger partial charge in [0.15, 0.2) is 6.23 Å². The Labute approximate surface area is 132 Å². The van der Waals surface area contributed by atoms with Gasteiger partial charge in [0.2, 0.25) is 5.82 Å². The fraction of sp³-hybridized carbons (Fsp3) is 0.556. The summed E-state index contributed by atoms with van der Waals surface area (Å²) in [6, 6.07) is 0. The smallest absolute Gasteiger partial charge is 0.387 e. The fourth-order valence-electron chi connectivity index (χ4n) is 2.06. The molecule has 0 aromatic carbocycles. The Kier molecular flexibility index (Phi) is 5.00. The van der Waals surface area contributed by atoms with E-state index in [1.807, 2.05) is 0 Å². The average molecular weight is 368 g/mol. The quantitative estimate of drug-likeness (QED) is 0.206. The number of nitrogens with zero attached hydrogens (tertiary/aromatic N) is 3. The molecule has 0 radical (unpaired) electrons. The van der Waals surface area contributed by atoms with Crippen molar-refractivity contribution in [3.63, 3.8) is 0 Å². The van der Waals surface area contributed by atoms with Crippen molar-refractivity contribution in [1.29, 1.82) is 0 Å². The van der Waals surface area contributed by atoms with Crippen molar-refractivity contribution < 1.29 is 38.7 Å². The Morgan fingerprint density at radius 1 is 1.46 bits per heavy atom. The summed E-state index contributed by atoms with van der Waals surface area (Å²) >= 11 is 0. The van der Waals surface area contributed by atoms with Crippen LogP contribution in [-0.4, -0.2) is 59.4 Å². The molecular formula is C9H13N4O10P. The monoisotopic (exact) mass is 368 g/mol. The summed E-state index contributed by atoms with van der Waals surface area (Å²) in [5, 5.41) is 30.6. The Hall–Kier alpha value is -1.93. The molecular weight excluding hydrogens is 355 g/mol. The fourth-order valence-corrected chi connectivity index (χ4v) is 2.40. The van der Waals surface area contributed by atoms with Gasteiger partial charge >= 0.3 is 19.2 Å². The van der Waals surface area contributed by atoms with E-state index in [0.29, 0.717) is 10.8 Å². The lowest BCUT2D eigenvalue weighted by atomic mass is 10.1. The van der Waals surface area contributed by atoms with E-state index in [1.54, 1.807) is 0 Å². The molecule has 1 saturated heterocycles. The van der Waals surface area contributed by atoms with Crippen LogP contribution >= 0.6 is 7.82 Å². The number of phosphoric ester groups is 1. The summed E-state index contributed by atoms with van der Waals surface area (Å²) < 4.78 is 20.5. The highest BCUT2D eigenvalue weighted by molar-refractivity contribution is 7.46. The molecule has 24 heavy (non-hydrogen) atoms. The van der Waals surface area contributed by atoms with E-state index in [0.717, 1.165) is 0 Å². The van der Waals surface area contributed by atoms with Crippen molar-refractivity contribution in [1.82, 2.24) is 9.55 Å². The van der Waals surface area contributed by atoms with Gasteiger partial charge in [0, 0.05) is 0 Å². The summed E-state index contributed by atoms with van der Waals surface area (Å²) in [5.41, 5.74) is 3.43. The Balaban J connectivity index is 2.30. The minimum Gasteiger partial charge on any atom is -0.387 e. The molecule has 15 heteroatoms. The van der Waals surface area contributed by atoms with Crippen molar-refractivity contribution in [2.75, 3.05) is 12.3 Å². The van der Waals surface area contributed by atoms with Crippen LogP contribution in [0.4, 0.5) is 11.5 Å². The molecule has 2 rings (SSSR count). The summed E-state index contributed by atoms with van der Waals surface area (Å²) in [6.45, 7) is -0.793. The molecule has 1 aliphatic rings. The van der Waals surface area contributed by atoms with Gasteiger partial charge in [-0.05, 0) is 0 Å². The van der Waals surface area contributed by atoms with Gasteiger partial charge in [0.05, 0.1) is 17.7 Å². The zero-order valence-electron chi connectivity index (χ0n) is 11.7. The molecule has 6 N–H and O–H groups in total. The first kappa shape index (κ1) is 18.4. The highest BCUT2D eigenvalue weighted by Gasteiger charge is 2.45. The predicted octanol–water partition coefficient (Wildman–Crippen LogP) is -2.54. The number of hydrogen-bond acceptors (Lipinski definition) is 10. The Morgan fingerprint density at radius 3 is 2.62 bits per heavy atom. The number of nitro groups is 1. The van der Waals surface area contributed by atoms with Gasteiger partial charge in [-0.2, -0.15) is 4.98 Å². The third-order valence-electron chi connectivity index (χ3n) is 3.18. The van der Waals surface area contributed by atoms with Crippen molar-refractivity contribution in [2.24, 2.45) is 0 Å². The maximum atomic E-state index is 11.8. The summed E-state index contributed by atoms with van der Waals surface area (Å²) in [6.07, 6.45) is -5.73. The standard InChI is InChI=1S/C9H13N4O10P/c10-7-3(13(17)18)1-12(9(16)11-7)8-6(15)5(14)4(23-8)2-22-24(19,20)21/h1,4-6,8,14-15H,2H2,(H2,10,11,16)(H2,19,20,21)/t4-,5-,6-,8-/m1/s1. The summed E-state index contributed by atoms with van der Waals surface area (Å²) in [7, 11) is -4.85. The number of phosphoric acid groups is 1. The molecule has 4 atom stereocenters. The number of aromatic nitrogens is 2. The number of aliphatic hydroxyl groups excluding tert-OH is 2. The number of nitrogens with two attached hydrogens (primary N) is 1. The minimum absolute atomic E-state index is 0.542. The molecule has 14 nitrogen and oxygen atoms in total. The van der Waals surface area contributed by atoms with Crippen LogP contribution in [0.25, 0.3) is 0 Å². The molecule has 0 amide bonds. The highest BCUT2D eigenvalue weighted by atomic mass is 31.2. The lowest BCUT2D eigenvalue weighted by molar-refractivity contribution is -0.384. The van der Waals surface area contributed by atoms with Crippen molar-refractivity contribution in [3.05, 3.63) is 26.8 Å². The molecule has 1 fully saturated rings. The zero-order valence-corrected chi connectivity index (χ0v) is 12.6. The molecule has 0 unspecified atom stereocenters. The van der Waals surface area contributed by atoms with Gasteiger partial charge in [-0.15, -0.1) is 0 Å². The Bertz CT molecular complexity index is 746. The zero-order chi connectivity index (χ0) is 18.2. The SMILES string of the molecule is Nc1nc(=O)n([C@@H]2O[C@H](COP(=O)(O)O)[C@@H](O)[C@H]2O)cc1[N+](=O)[O-]. The van der Waals surface area contributed by atoms with Crippen LogP contribution in [0.5, 0.6) is 0 Å². The first-order valence-corrected chi connectivity index (χ1v) is 7.79. The normalized spacial score (nSPS) is 27.3.